The highest BCUT2D eigenvalue weighted by atomic mass is 127. The summed E-state index contributed by atoms with van der Waals surface area (Å²) >= 11 is 2.22. The number of amides is 1. The van der Waals surface area contributed by atoms with Gasteiger partial charge in [-0.1, -0.05) is 0 Å². The van der Waals surface area contributed by atoms with Gasteiger partial charge in [-0.05, 0) is 53.3 Å². The van der Waals surface area contributed by atoms with Crippen LogP contribution >= 0.6 is 22.6 Å². The number of hydrogen-bond donors (Lipinski definition) is 0. The number of benzene rings is 1. The van der Waals surface area contributed by atoms with Gasteiger partial charge in [0.2, 0.25) is 0 Å². The molecule has 2 saturated heterocycles. The molecule has 0 spiro atoms. The van der Waals surface area contributed by atoms with E-state index < -0.39 is 9.84 Å². The van der Waals surface area contributed by atoms with E-state index in [0.717, 1.165) is 16.7 Å². The molecule has 2 fully saturated rings. The predicted octanol–water partition coefficient (Wildman–Crippen LogP) is 1.00. The Bertz CT molecular complexity index is 685. The zero-order chi connectivity index (χ0) is 17.2. The minimum Gasteiger partial charge on any atom is -0.484 e. The third kappa shape index (κ3) is 4.60. The van der Waals surface area contributed by atoms with Gasteiger partial charge in [0.15, 0.2) is 16.4 Å². The van der Waals surface area contributed by atoms with Gasteiger partial charge < -0.3 is 9.64 Å². The number of halogens is 1. The maximum Gasteiger partial charge on any atom is 0.260 e. The van der Waals surface area contributed by atoms with Crippen molar-refractivity contribution in [2.75, 3.05) is 44.3 Å². The average Bonchev–Trinajstić information content (AvgIpc) is 2.94. The van der Waals surface area contributed by atoms with Crippen molar-refractivity contribution < 1.29 is 17.9 Å². The van der Waals surface area contributed by atoms with Gasteiger partial charge >= 0.3 is 0 Å². The van der Waals surface area contributed by atoms with Crippen LogP contribution in [-0.4, -0.2) is 74.5 Å². The molecule has 2 aliphatic rings. The van der Waals surface area contributed by atoms with Crippen molar-refractivity contribution in [1.82, 2.24) is 9.80 Å². The fraction of sp³-hybridized carbons (Fsp3) is 0.562. The van der Waals surface area contributed by atoms with Crippen LogP contribution in [-0.2, 0) is 14.6 Å². The van der Waals surface area contributed by atoms with E-state index in [2.05, 4.69) is 27.5 Å². The van der Waals surface area contributed by atoms with Gasteiger partial charge in [-0.15, -0.1) is 0 Å². The van der Waals surface area contributed by atoms with Gasteiger partial charge in [-0.25, -0.2) is 8.42 Å². The van der Waals surface area contributed by atoms with E-state index in [0.29, 0.717) is 31.0 Å². The quantitative estimate of drug-likeness (QED) is 0.623. The van der Waals surface area contributed by atoms with Gasteiger partial charge in [0, 0.05) is 35.8 Å². The Hall–Kier alpha value is -0.870. The Kier molecular flexibility index (Phi) is 5.66. The van der Waals surface area contributed by atoms with E-state index in [1.165, 1.54) is 0 Å². The standard InChI is InChI=1S/C16H21IN2O4S/c17-13-1-3-15(4-2-13)23-11-16(20)19-8-6-18(7-9-19)14-5-10-24(21,22)12-14/h1-4,14H,5-12H2. The fourth-order valence-corrected chi connectivity index (χ4v) is 5.29. The molecule has 132 valence electrons. The molecule has 0 saturated carbocycles. The molecule has 0 aromatic heterocycles. The lowest BCUT2D eigenvalue weighted by atomic mass is 10.2. The van der Waals surface area contributed by atoms with Crippen molar-refractivity contribution in [2.45, 2.75) is 12.5 Å². The average molecular weight is 464 g/mol. The third-order valence-electron chi connectivity index (χ3n) is 4.57. The Morgan fingerprint density at radius 2 is 1.83 bits per heavy atom. The highest BCUT2D eigenvalue weighted by molar-refractivity contribution is 14.1. The van der Waals surface area contributed by atoms with E-state index in [9.17, 15) is 13.2 Å². The van der Waals surface area contributed by atoms with Gasteiger partial charge in [0.25, 0.3) is 5.91 Å². The van der Waals surface area contributed by atoms with Crippen molar-refractivity contribution in [3.63, 3.8) is 0 Å². The monoisotopic (exact) mass is 464 g/mol. The van der Waals surface area contributed by atoms with Gasteiger partial charge in [-0.2, -0.15) is 0 Å². The predicted molar refractivity (Wildman–Crippen MR) is 99.9 cm³/mol. The van der Waals surface area contributed by atoms with Crippen LogP contribution < -0.4 is 4.74 Å². The number of rotatable bonds is 4. The lowest BCUT2D eigenvalue weighted by molar-refractivity contribution is -0.135. The summed E-state index contributed by atoms with van der Waals surface area (Å²) in [6.45, 7) is 2.76. The molecule has 0 aliphatic carbocycles. The lowest BCUT2D eigenvalue weighted by Gasteiger charge is -2.37. The summed E-state index contributed by atoms with van der Waals surface area (Å²) in [6.07, 6.45) is 0.714. The van der Waals surface area contributed by atoms with Crippen LogP contribution in [0.3, 0.4) is 0 Å². The highest BCUT2D eigenvalue weighted by Crippen LogP contribution is 2.19. The molecule has 0 N–H and O–H groups in total. The summed E-state index contributed by atoms with van der Waals surface area (Å²) in [4.78, 5) is 16.3. The zero-order valence-electron chi connectivity index (χ0n) is 13.4. The molecule has 6 nitrogen and oxygen atoms in total. The Morgan fingerprint density at radius 1 is 1.17 bits per heavy atom. The second-order valence-electron chi connectivity index (χ2n) is 6.22. The number of nitrogens with zero attached hydrogens (tertiary/aromatic N) is 2. The molecule has 1 unspecified atom stereocenters. The van der Waals surface area contributed by atoms with E-state index >= 15 is 0 Å². The van der Waals surface area contributed by atoms with Crippen molar-refractivity contribution in [3.05, 3.63) is 27.8 Å². The molecule has 1 aromatic rings. The smallest absolute Gasteiger partial charge is 0.260 e. The van der Waals surface area contributed by atoms with Crippen molar-refractivity contribution in [3.8, 4) is 5.75 Å². The molecule has 2 heterocycles. The summed E-state index contributed by atoms with van der Waals surface area (Å²) in [5.74, 6) is 1.23. The van der Waals surface area contributed by atoms with E-state index in [4.69, 9.17) is 4.74 Å². The summed E-state index contributed by atoms with van der Waals surface area (Å²) in [6, 6.07) is 7.71. The number of carbonyl (C=O) groups excluding carboxylic acids is 1. The van der Waals surface area contributed by atoms with Crippen LogP contribution in [0.2, 0.25) is 0 Å². The molecule has 0 bridgehead atoms. The van der Waals surface area contributed by atoms with Crippen molar-refractivity contribution >= 4 is 38.3 Å². The normalized spacial score (nSPS) is 24.0. The first-order valence-electron chi connectivity index (χ1n) is 8.03. The second kappa shape index (κ2) is 7.57. The van der Waals surface area contributed by atoms with Crippen LogP contribution in [0, 0.1) is 3.57 Å². The summed E-state index contributed by atoms with van der Waals surface area (Å²) < 4.78 is 29.8. The summed E-state index contributed by atoms with van der Waals surface area (Å²) in [5.41, 5.74) is 0. The van der Waals surface area contributed by atoms with Crippen LogP contribution in [0.5, 0.6) is 5.75 Å². The highest BCUT2D eigenvalue weighted by Gasteiger charge is 2.34. The van der Waals surface area contributed by atoms with E-state index in [-0.39, 0.29) is 24.3 Å². The van der Waals surface area contributed by atoms with Crippen molar-refractivity contribution in [2.24, 2.45) is 0 Å². The molecule has 0 radical (unpaired) electrons. The summed E-state index contributed by atoms with van der Waals surface area (Å²) in [5, 5.41) is 0. The maximum absolute atomic E-state index is 12.3. The van der Waals surface area contributed by atoms with Crippen molar-refractivity contribution in [1.29, 1.82) is 0 Å². The topological polar surface area (TPSA) is 66.9 Å². The molecule has 1 aromatic carbocycles. The first-order valence-corrected chi connectivity index (χ1v) is 10.9. The van der Waals surface area contributed by atoms with Gasteiger partial charge in [0.05, 0.1) is 11.5 Å². The number of piperazine rings is 1. The number of sulfone groups is 1. The van der Waals surface area contributed by atoms with Crippen LogP contribution in [0.15, 0.2) is 24.3 Å². The third-order valence-corrected chi connectivity index (χ3v) is 7.04. The molecule has 2 aliphatic heterocycles. The number of ether oxygens (including phenoxy) is 1. The Labute approximate surface area is 156 Å². The van der Waals surface area contributed by atoms with E-state index in [1.807, 2.05) is 24.3 Å². The Morgan fingerprint density at radius 3 is 2.42 bits per heavy atom. The molecule has 3 rings (SSSR count). The molecular formula is C16H21IN2O4S. The number of hydrogen-bond acceptors (Lipinski definition) is 5. The van der Waals surface area contributed by atoms with Gasteiger partial charge in [0.1, 0.15) is 5.75 Å². The van der Waals surface area contributed by atoms with Crippen LogP contribution in [0.1, 0.15) is 6.42 Å². The van der Waals surface area contributed by atoms with E-state index in [1.54, 1.807) is 4.90 Å². The second-order valence-corrected chi connectivity index (χ2v) is 9.69. The van der Waals surface area contributed by atoms with Crippen LogP contribution in [0.25, 0.3) is 0 Å². The first kappa shape index (κ1) is 17.9. The summed E-state index contributed by atoms with van der Waals surface area (Å²) in [7, 11) is -2.86. The molecule has 24 heavy (non-hydrogen) atoms. The number of carbonyl (C=O) groups is 1. The largest absolute Gasteiger partial charge is 0.484 e. The SMILES string of the molecule is O=C(COc1ccc(I)cc1)N1CCN(C2CCS(=O)(=O)C2)CC1. The van der Waals surface area contributed by atoms with Gasteiger partial charge in [-0.3, -0.25) is 9.69 Å². The maximum atomic E-state index is 12.3. The van der Waals surface area contributed by atoms with Crippen LogP contribution in [0.4, 0.5) is 0 Å². The molecule has 8 heteroatoms. The minimum absolute atomic E-state index is 0.0211. The molecular weight excluding hydrogens is 443 g/mol. The molecule has 1 amide bonds. The zero-order valence-corrected chi connectivity index (χ0v) is 16.3. The minimum atomic E-state index is -2.86. The fourth-order valence-electron chi connectivity index (χ4n) is 3.17. The Balaban J connectivity index is 1.44. The first-order chi connectivity index (χ1) is 11.4. The lowest BCUT2D eigenvalue weighted by Crippen LogP contribution is -2.53. The molecule has 1 atom stereocenters.